The van der Waals surface area contributed by atoms with Crippen molar-refractivity contribution in [1.29, 1.82) is 0 Å². The molecule has 0 radical (unpaired) electrons. The molecule has 0 N–H and O–H groups in total. The number of imidazole rings is 1. The predicted molar refractivity (Wildman–Crippen MR) is 134 cm³/mol. The number of hydrogen-bond donors (Lipinski definition) is 0. The van der Waals surface area contributed by atoms with E-state index in [1.807, 2.05) is 53.6 Å². The van der Waals surface area contributed by atoms with Crippen LogP contribution in [0.5, 0.6) is 0 Å². The van der Waals surface area contributed by atoms with E-state index in [9.17, 15) is 9.59 Å². The van der Waals surface area contributed by atoms with E-state index in [1.165, 1.54) is 5.56 Å². The van der Waals surface area contributed by atoms with Gasteiger partial charge < -0.3 is 14.2 Å². The van der Waals surface area contributed by atoms with Crippen LogP contribution < -0.4 is 0 Å². The zero-order valence-electron chi connectivity index (χ0n) is 20.1. The van der Waals surface area contributed by atoms with Crippen LogP contribution in [0.25, 0.3) is 0 Å². The molecule has 6 nitrogen and oxygen atoms in total. The van der Waals surface area contributed by atoms with Crippen molar-refractivity contribution in [2.24, 2.45) is 0 Å². The Morgan fingerprint density at radius 2 is 1.77 bits per heavy atom. The van der Waals surface area contributed by atoms with Crippen LogP contribution in [-0.4, -0.2) is 45.8 Å². The molecular weight excluding hydrogens is 438 g/mol. The summed E-state index contributed by atoms with van der Waals surface area (Å²) in [7, 11) is 0. The van der Waals surface area contributed by atoms with Crippen LogP contribution in [0.15, 0.2) is 67.0 Å². The molecule has 0 spiro atoms. The number of amides is 1. The molecule has 2 aromatic carbocycles. The number of ether oxygens (including phenoxy) is 1. The monoisotopic (exact) mass is 471 g/mol. The molecule has 3 aromatic rings. The van der Waals surface area contributed by atoms with Crippen molar-refractivity contribution >= 4 is 11.7 Å². The molecule has 1 aromatic heterocycles. The Labute approximate surface area is 206 Å². The van der Waals surface area contributed by atoms with Crippen molar-refractivity contribution in [2.75, 3.05) is 19.7 Å². The minimum Gasteiger partial charge on any atom is -0.377 e. The zero-order valence-corrected chi connectivity index (χ0v) is 20.1. The molecule has 5 rings (SSSR count). The summed E-state index contributed by atoms with van der Waals surface area (Å²) in [6.07, 6.45) is 8.14. The number of fused-ring (bicyclic) bond motifs is 1. The van der Waals surface area contributed by atoms with Gasteiger partial charge in [0.05, 0.1) is 12.5 Å². The maximum absolute atomic E-state index is 13.2. The van der Waals surface area contributed by atoms with Crippen LogP contribution in [0.3, 0.4) is 0 Å². The van der Waals surface area contributed by atoms with E-state index >= 15 is 0 Å². The minimum atomic E-state index is -0.318. The summed E-state index contributed by atoms with van der Waals surface area (Å²) in [6.45, 7) is 3.79. The number of carbonyl (C=O) groups excluding carboxylic acids is 2. The van der Waals surface area contributed by atoms with Gasteiger partial charge in [0.1, 0.15) is 5.82 Å². The third-order valence-electron chi connectivity index (χ3n) is 7.29. The van der Waals surface area contributed by atoms with Gasteiger partial charge in [0.25, 0.3) is 0 Å². The highest BCUT2D eigenvalue weighted by Gasteiger charge is 2.37. The topological polar surface area (TPSA) is 64.4 Å². The average molecular weight is 472 g/mol. The molecule has 1 atom stereocenters. The first-order valence-corrected chi connectivity index (χ1v) is 12.7. The van der Waals surface area contributed by atoms with E-state index in [1.54, 1.807) is 0 Å². The number of nitrogens with zero attached hydrogens (tertiary/aromatic N) is 3. The Balaban J connectivity index is 1.08. The summed E-state index contributed by atoms with van der Waals surface area (Å²) < 4.78 is 8.08. The summed E-state index contributed by atoms with van der Waals surface area (Å²) in [5.41, 5.74) is 2.82. The Hall–Kier alpha value is -3.25. The van der Waals surface area contributed by atoms with E-state index in [-0.39, 0.29) is 17.6 Å². The minimum absolute atomic E-state index is 0.0846. The summed E-state index contributed by atoms with van der Waals surface area (Å²) in [4.78, 5) is 32.2. The first kappa shape index (κ1) is 23.5. The highest BCUT2D eigenvalue weighted by atomic mass is 16.5. The van der Waals surface area contributed by atoms with Gasteiger partial charge in [-0.25, -0.2) is 4.98 Å². The van der Waals surface area contributed by atoms with Gasteiger partial charge in [0, 0.05) is 56.5 Å². The number of Topliss-reactive ketones (excluding diaryl/α,β-unsaturated/α-hetero) is 1. The second-order valence-corrected chi connectivity index (χ2v) is 9.59. The van der Waals surface area contributed by atoms with Gasteiger partial charge in [-0.05, 0) is 36.8 Å². The van der Waals surface area contributed by atoms with Crippen molar-refractivity contribution in [1.82, 2.24) is 14.5 Å². The smallest absolute Gasteiger partial charge is 0.230 e. The van der Waals surface area contributed by atoms with Crippen LogP contribution in [0.2, 0.25) is 0 Å². The lowest BCUT2D eigenvalue weighted by Gasteiger charge is -2.33. The van der Waals surface area contributed by atoms with Crippen LogP contribution in [0.1, 0.15) is 71.2 Å². The summed E-state index contributed by atoms with van der Waals surface area (Å²) in [5, 5.41) is 0. The number of rotatable bonds is 9. The van der Waals surface area contributed by atoms with Crippen LogP contribution >= 0.6 is 0 Å². The lowest BCUT2D eigenvalue weighted by atomic mass is 9.93. The molecule has 35 heavy (non-hydrogen) atoms. The fourth-order valence-corrected chi connectivity index (χ4v) is 5.38. The lowest BCUT2D eigenvalue weighted by Crippen LogP contribution is -2.40. The molecule has 182 valence electrons. The number of ketones is 1. The second kappa shape index (κ2) is 11.0. The molecule has 1 fully saturated rings. The third-order valence-corrected chi connectivity index (χ3v) is 7.29. The highest BCUT2D eigenvalue weighted by Crippen LogP contribution is 2.36. The first-order chi connectivity index (χ1) is 17.2. The predicted octanol–water partition coefficient (Wildman–Crippen LogP) is 4.96. The van der Waals surface area contributed by atoms with Gasteiger partial charge in [-0.15, -0.1) is 0 Å². The number of aryl methyl sites for hydroxylation is 1. The molecule has 1 unspecified atom stereocenters. The Kier molecular flexibility index (Phi) is 7.38. The van der Waals surface area contributed by atoms with Gasteiger partial charge in [0.15, 0.2) is 5.78 Å². The molecule has 6 heteroatoms. The van der Waals surface area contributed by atoms with Crippen molar-refractivity contribution in [2.45, 2.75) is 57.1 Å². The number of hydrogen-bond acceptors (Lipinski definition) is 4. The molecule has 1 amide bonds. The van der Waals surface area contributed by atoms with Crippen molar-refractivity contribution in [3.63, 3.8) is 0 Å². The van der Waals surface area contributed by atoms with Gasteiger partial charge in [0.2, 0.25) is 5.91 Å². The fraction of sp³-hybridized carbons (Fsp3) is 0.414. The summed E-state index contributed by atoms with van der Waals surface area (Å²) in [6, 6.07) is 17.8. The zero-order chi connectivity index (χ0) is 24.0. The second-order valence-electron chi connectivity index (χ2n) is 9.59. The third kappa shape index (κ3) is 5.38. The summed E-state index contributed by atoms with van der Waals surface area (Å²) >= 11 is 0. The molecular formula is C29H33N3O3. The van der Waals surface area contributed by atoms with Crippen LogP contribution in [0.4, 0.5) is 0 Å². The van der Waals surface area contributed by atoms with Gasteiger partial charge in [-0.1, -0.05) is 54.6 Å². The van der Waals surface area contributed by atoms with Gasteiger partial charge >= 0.3 is 0 Å². The quantitative estimate of drug-likeness (QED) is 0.414. The molecule has 1 saturated heterocycles. The molecule has 1 aliphatic heterocycles. The first-order valence-electron chi connectivity index (χ1n) is 12.7. The summed E-state index contributed by atoms with van der Waals surface area (Å²) in [5.74, 6) is 1.35. The molecule has 1 aliphatic carbocycles. The average Bonchev–Trinajstić information content (AvgIpc) is 3.51. The highest BCUT2D eigenvalue weighted by molar-refractivity contribution is 6.06. The van der Waals surface area contributed by atoms with Crippen LogP contribution in [-0.2, 0) is 22.7 Å². The Morgan fingerprint density at radius 1 is 1.00 bits per heavy atom. The van der Waals surface area contributed by atoms with E-state index in [0.29, 0.717) is 24.5 Å². The van der Waals surface area contributed by atoms with E-state index in [4.69, 9.17) is 4.74 Å². The number of benzene rings is 2. The molecule has 2 heterocycles. The number of carbonyl (C=O) groups is 2. The molecule has 0 bridgehead atoms. The van der Waals surface area contributed by atoms with E-state index < -0.39 is 0 Å². The largest absolute Gasteiger partial charge is 0.377 e. The fourth-order valence-electron chi connectivity index (χ4n) is 5.38. The Morgan fingerprint density at radius 3 is 2.60 bits per heavy atom. The maximum atomic E-state index is 13.2. The Bertz CT molecular complexity index is 1150. The van der Waals surface area contributed by atoms with Crippen molar-refractivity contribution in [3.05, 3.63) is 89.5 Å². The maximum Gasteiger partial charge on any atom is 0.230 e. The van der Waals surface area contributed by atoms with Gasteiger partial charge in [-0.3, -0.25) is 9.59 Å². The lowest BCUT2D eigenvalue weighted by molar-refractivity contribution is -0.133. The van der Waals surface area contributed by atoms with Gasteiger partial charge in [-0.2, -0.15) is 0 Å². The van der Waals surface area contributed by atoms with E-state index in [2.05, 4.69) is 27.9 Å². The van der Waals surface area contributed by atoms with Crippen LogP contribution in [0, 0.1) is 0 Å². The van der Waals surface area contributed by atoms with Crippen molar-refractivity contribution in [3.8, 4) is 0 Å². The SMILES string of the molecule is O=C1CC(C(=O)N2CCC(c3nccn3CCCCOCc3ccccc3)CC2)c2ccccc21. The number of piperidine rings is 1. The number of likely N-dealkylation sites (tertiary alicyclic amines) is 1. The normalized spacial score (nSPS) is 18.1. The number of unbranched alkanes of at least 4 members (excludes halogenated alkanes) is 1. The number of aromatic nitrogens is 2. The van der Waals surface area contributed by atoms with Crippen molar-refractivity contribution < 1.29 is 14.3 Å². The van der Waals surface area contributed by atoms with E-state index in [0.717, 1.165) is 63.3 Å². The molecule has 0 saturated carbocycles. The molecule has 2 aliphatic rings. The standard InChI is InChI=1S/C29H33N3O3/c33-27-20-26(24-10-4-5-11-25(24)27)29(34)32-16-12-23(13-17-32)28-30-14-18-31(28)15-6-7-19-35-21-22-8-2-1-3-9-22/h1-5,8-11,14,18,23,26H,6-7,12-13,15-17,19-21H2.